The van der Waals surface area contributed by atoms with Crippen LogP contribution >= 0.6 is 11.3 Å². The highest BCUT2D eigenvalue weighted by Crippen LogP contribution is 2.19. The first-order chi connectivity index (χ1) is 10.2. The molecule has 0 aromatic carbocycles. The summed E-state index contributed by atoms with van der Waals surface area (Å²) in [6.07, 6.45) is 6.03. The first-order valence-corrected chi connectivity index (χ1v) is 8.94. The van der Waals surface area contributed by atoms with E-state index in [9.17, 15) is 0 Å². The van der Waals surface area contributed by atoms with Gasteiger partial charge >= 0.3 is 0 Å². The molecule has 0 aliphatic heterocycles. The van der Waals surface area contributed by atoms with Crippen molar-refractivity contribution in [1.82, 2.24) is 15.6 Å². The summed E-state index contributed by atoms with van der Waals surface area (Å²) in [5, 5.41) is 10.1. The summed E-state index contributed by atoms with van der Waals surface area (Å²) in [7, 11) is 1.82. The second-order valence-corrected chi connectivity index (χ2v) is 6.46. The zero-order valence-corrected chi connectivity index (χ0v) is 14.7. The normalized spacial score (nSPS) is 12.0. The first-order valence-electron chi connectivity index (χ1n) is 8.06. The van der Waals surface area contributed by atoms with Crippen molar-refractivity contribution < 1.29 is 0 Å². The molecule has 0 fully saturated rings. The lowest BCUT2D eigenvalue weighted by Gasteiger charge is -2.11. The minimum atomic E-state index is 0.522. The fourth-order valence-electron chi connectivity index (χ4n) is 1.99. The Hall–Kier alpha value is -1.10. The monoisotopic (exact) mass is 310 g/mol. The summed E-state index contributed by atoms with van der Waals surface area (Å²) in [6.45, 7) is 8.47. The molecule has 0 bridgehead atoms. The molecule has 0 spiro atoms. The quantitative estimate of drug-likeness (QED) is 0.416. The molecule has 0 amide bonds. The Kier molecular flexibility index (Phi) is 9.06. The van der Waals surface area contributed by atoms with E-state index in [0.29, 0.717) is 5.92 Å². The maximum absolute atomic E-state index is 4.65. The van der Waals surface area contributed by atoms with Gasteiger partial charge in [-0.2, -0.15) is 0 Å². The van der Waals surface area contributed by atoms with Crippen LogP contribution in [0.5, 0.6) is 0 Å². The third-order valence-electron chi connectivity index (χ3n) is 3.28. The molecule has 1 aromatic rings. The highest BCUT2D eigenvalue weighted by Gasteiger charge is 2.05. The van der Waals surface area contributed by atoms with Crippen molar-refractivity contribution in [3.05, 3.63) is 16.1 Å². The molecule has 120 valence electrons. The Morgan fingerprint density at radius 2 is 2.00 bits per heavy atom. The SMILES string of the molecule is CCCCCCNC(=NC)NCCc1csc(C(C)C)n1. The summed E-state index contributed by atoms with van der Waals surface area (Å²) < 4.78 is 0. The smallest absolute Gasteiger partial charge is 0.190 e. The number of aromatic nitrogens is 1. The van der Waals surface area contributed by atoms with Crippen molar-refractivity contribution in [2.24, 2.45) is 4.99 Å². The van der Waals surface area contributed by atoms with E-state index in [-0.39, 0.29) is 0 Å². The molecule has 0 radical (unpaired) electrons. The summed E-state index contributed by atoms with van der Waals surface area (Å²) in [5.74, 6) is 1.42. The Morgan fingerprint density at radius 1 is 1.24 bits per heavy atom. The third kappa shape index (κ3) is 7.46. The molecule has 0 saturated carbocycles. The largest absolute Gasteiger partial charge is 0.356 e. The average Bonchev–Trinajstić information content (AvgIpc) is 2.94. The van der Waals surface area contributed by atoms with Crippen LogP contribution in [0.4, 0.5) is 0 Å². The van der Waals surface area contributed by atoms with Gasteiger partial charge in [0, 0.05) is 37.9 Å². The summed E-state index contributed by atoms with van der Waals surface area (Å²) in [4.78, 5) is 8.89. The standard InChI is InChI=1S/C16H30N4S/c1-5-6-7-8-10-18-16(17-4)19-11-9-14-12-21-15(20-14)13(2)3/h12-13H,5-11H2,1-4H3,(H2,17,18,19). The van der Waals surface area contributed by atoms with Gasteiger partial charge in [-0.05, 0) is 6.42 Å². The van der Waals surface area contributed by atoms with Crippen molar-refractivity contribution in [2.75, 3.05) is 20.1 Å². The van der Waals surface area contributed by atoms with E-state index in [1.54, 1.807) is 11.3 Å². The van der Waals surface area contributed by atoms with Crippen molar-refractivity contribution in [3.8, 4) is 0 Å². The topological polar surface area (TPSA) is 49.3 Å². The van der Waals surface area contributed by atoms with Crippen molar-refractivity contribution in [2.45, 2.75) is 58.8 Å². The molecule has 0 aliphatic carbocycles. The molecule has 4 nitrogen and oxygen atoms in total. The van der Waals surface area contributed by atoms with Gasteiger partial charge in [-0.25, -0.2) is 4.98 Å². The number of aliphatic imine (C=N–C) groups is 1. The van der Waals surface area contributed by atoms with Crippen LogP contribution in [-0.2, 0) is 6.42 Å². The van der Waals surface area contributed by atoms with Gasteiger partial charge < -0.3 is 10.6 Å². The van der Waals surface area contributed by atoms with Crippen LogP contribution < -0.4 is 10.6 Å². The van der Waals surface area contributed by atoms with Crippen LogP contribution in [0.3, 0.4) is 0 Å². The van der Waals surface area contributed by atoms with Crippen LogP contribution in [0.2, 0.25) is 0 Å². The van der Waals surface area contributed by atoms with Gasteiger partial charge in [0.25, 0.3) is 0 Å². The Morgan fingerprint density at radius 3 is 2.62 bits per heavy atom. The van der Waals surface area contributed by atoms with E-state index in [4.69, 9.17) is 0 Å². The van der Waals surface area contributed by atoms with Gasteiger partial charge in [-0.3, -0.25) is 4.99 Å². The van der Waals surface area contributed by atoms with Crippen LogP contribution in [0.25, 0.3) is 0 Å². The van der Waals surface area contributed by atoms with E-state index in [1.165, 1.54) is 36.4 Å². The Bertz CT molecular complexity index is 412. The molecule has 1 rings (SSSR count). The van der Waals surface area contributed by atoms with Crippen LogP contribution in [0.15, 0.2) is 10.4 Å². The molecule has 0 unspecified atom stereocenters. The average molecular weight is 311 g/mol. The lowest BCUT2D eigenvalue weighted by atomic mass is 10.2. The van der Waals surface area contributed by atoms with Gasteiger partial charge in [-0.15, -0.1) is 11.3 Å². The maximum Gasteiger partial charge on any atom is 0.190 e. The lowest BCUT2D eigenvalue weighted by molar-refractivity contribution is 0.646. The molecule has 5 heteroatoms. The highest BCUT2D eigenvalue weighted by molar-refractivity contribution is 7.09. The van der Waals surface area contributed by atoms with E-state index in [1.807, 2.05) is 7.05 Å². The summed E-state index contributed by atoms with van der Waals surface area (Å²) >= 11 is 1.76. The highest BCUT2D eigenvalue weighted by atomic mass is 32.1. The minimum Gasteiger partial charge on any atom is -0.356 e. The molecule has 0 aliphatic rings. The van der Waals surface area contributed by atoms with Crippen molar-refractivity contribution >= 4 is 17.3 Å². The molecule has 0 saturated heterocycles. The summed E-state index contributed by atoms with van der Waals surface area (Å²) in [5.41, 5.74) is 1.18. The van der Waals surface area contributed by atoms with E-state index < -0.39 is 0 Å². The van der Waals surface area contributed by atoms with Gasteiger partial charge in [-0.1, -0.05) is 40.0 Å². The second kappa shape index (κ2) is 10.6. The number of unbranched alkanes of at least 4 members (excludes halogenated alkanes) is 3. The fourth-order valence-corrected chi connectivity index (χ4v) is 2.86. The van der Waals surface area contributed by atoms with Crippen LogP contribution in [0, 0.1) is 0 Å². The number of nitrogens with one attached hydrogen (secondary N) is 2. The van der Waals surface area contributed by atoms with Gasteiger partial charge in [0.1, 0.15) is 0 Å². The number of hydrogen-bond donors (Lipinski definition) is 2. The fraction of sp³-hybridized carbons (Fsp3) is 0.750. The van der Waals surface area contributed by atoms with Crippen LogP contribution in [0.1, 0.15) is 63.1 Å². The molecular weight excluding hydrogens is 280 g/mol. The molecular formula is C16H30N4S. The molecule has 2 N–H and O–H groups in total. The van der Waals surface area contributed by atoms with Crippen molar-refractivity contribution in [1.29, 1.82) is 0 Å². The number of nitrogens with zero attached hydrogens (tertiary/aromatic N) is 2. The maximum atomic E-state index is 4.65. The number of hydrogen-bond acceptors (Lipinski definition) is 3. The predicted molar refractivity (Wildman–Crippen MR) is 93.4 cm³/mol. The Labute approximate surface area is 133 Å². The van der Waals surface area contributed by atoms with Crippen molar-refractivity contribution in [3.63, 3.8) is 0 Å². The molecule has 0 atom stereocenters. The number of rotatable bonds is 9. The van der Waals surface area contributed by atoms with Gasteiger partial charge in [0.15, 0.2) is 5.96 Å². The van der Waals surface area contributed by atoms with Gasteiger partial charge in [0.2, 0.25) is 0 Å². The molecule has 1 aromatic heterocycles. The Balaban J connectivity index is 2.19. The zero-order chi connectivity index (χ0) is 15.5. The van der Waals surface area contributed by atoms with E-state index in [0.717, 1.165) is 25.5 Å². The third-order valence-corrected chi connectivity index (χ3v) is 4.48. The lowest BCUT2D eigenvalue weighted by Crippen LogP contribution is -2.38. The number of guanidine groups is 1. The van der Waals surface area contributed by atoms with Gasteiger partial charge in [0.05, 0.1) is 10.7 Å². The zero-order valence-electron chi connectivity index (χ0n) is 13.9. The van der Waals surface area contributed by atoms with E-state index in [2.05, 4.69) is 46.8 Å². The van der Waals surface area contributed by atoms with E-state index >= 15 is 0 Å². The number of thiazole rings is 1. The minimum absolute atomic E-state index is 0.522. The van der Waals surface area contributed by atoms with Crippen LogP contribution in [-0.4, -0.2) is 31.1 Å². The molecule has 1 heterocycles. The second-order valence-electron chi connectivity index (χ2n) is 5.57. The summed E-state index contributed by atoms with van der Waals surface area (Å²) in [6, 6.07) is 0. The molecule has 21 heavy (non-hydrogen) atoms. The first kappa shape index (κ1) is 18.0. The predicted octanol–water partition coefficient (Wildman–Crippen LogP) is 3.55.